The van der Waals surface area contributed by atoms with Crippen LogP contribution in [0.15, 0.2) is 22.7 Å². The zero-order valence-corrected chi connectivity index (χ0v) is 14.2. The lowest BCUT2D eigenvalue weighted by Gasteiger charge is -2.31. The molecule has 0 saturated carbocycles. The molecule has 108 valence electrons. The predicted octanol–water partition coefficient (Wildman–Crippen LogP) is 4.37. The number of nitrogens with zero attached hydrogens (tertiary/aromatic N) is 3. The number of piperidine rings is 1. The average molecular weight is 357 g/mol. The number of rotatable bonds is 2. The van der Waals surface area contributed by atoms with Crippen LogP contribution < -0.4 is 0 Å². The summed E-state index contributed by atoms with van der Waals surface area (Å²) in [6.45, 7) is 4.27. The van der Waals surface area contributed by atoms with Crippen LogP contribution in [0.5, 0.6) is 0 Å². The molecule has 1 aliphatic rings. The van der Waals surface area contributed by atoms with Crippen molar-refractivity contribution in [2.75, 3.05) is 20.1 Å². The van der Waals surface area contributed by atoms with Crippen LogP contribution >= 0.6 is 27.5 Å². The first-order chi connectivity index (χ1) is 9.56. The fourth-order valence-electron chi connectivity index (χ4n) is 3.00. The minimum atomic E-state index is -0.0687. The second kappa shape index (κ2) is 5.66. The molecule has 20 heavy (non-hydrogen) atoms. The third-order valence-electron chi connectivity index (χ3n) is 4.09. The van der Waals surface area contributed by atoms with Gasteiger partial charge in [0.05, 0.1) is 16.4 Å². The average Bonchev–Trinajstić information content (AvgIpc) is 2.78. The third kappa shape index (κ3) is 2.61. The first kappa shape index (κ1) is 14.4. The summed E-state index contributed by atoms with van der Waals surface area (Å²) in [5.41, 5.74) is 2.23. The van der Waals surface area contributed by atoms with E-state index in [0.717, 1.165) is 41.7 Å². The van der Waals surface area contributed by atoms with Gasteiger partial charge in [-0.25, -0.2) is 4.98 Å². The number of fused-ring (bicyclic) bond motifs is 1. The normalized spacial score (nSPS) is 19.6. The highest BCUT2D eigenvalue weighted by Crippen LogP contribution is 2.33. The van der Waals surface area contributed by atoms with Gasteiger partial charge in [-0.1, -0.05) is 15.9 Å². The van der Waals surface area contributed by atoms with Gasteiger partial charge in [0.15, 0.2) is 0 Å². The Morgan fingerprint density at radius 3 is 2.70 bits per heavy atom. The molecule has 1 aromatic heterocycles. The maximum Gasteiger partial charge on any atom is 0.127 e. The predicted molar refractivity (Wildman–Crippen MR) is 87.5 cm³/mol. The van der Waals surface area contributed by atoms with E-state index in [4.69, 9.17) is 16.6 Å². The number of likely N-dealkylation sites (tertiary alicyclic amines) is 1. The van der Waals surface area contributed by atoms with Crippen LogP contribution in [0, 0.1) is 0 Å². The summed E-state index contributed by atoms with van der Waals surface area (Å²) in [6.07, 6.45) is 2.32. The number of aromatic nitrogens is 2. The summed E-state index contributed by atoms with van der Waals surface area (Å²) in [5, 5.41) is -0.0687. The Kier molecular flexibility index (Phi) is 4.07. The summed E-state index contributed by atoms with van der Waals surface area (Å²) in [6, 6.07) is 6.76. The molecule has 1 atom stereocenters. The number of hydrogen-bond donors (Lipinski definition) is 0. The molecule has 3 nitrogen and oxygen atoms in total. The van der Waals surface area contributed by atoms with E-state index in [-0.39, 0.29) is 5.38 Å². The Labute approximate surface area is 133 Å². The van der Waals surface area contributed by atoms with E-state index in [1.54, 1.807) is 0 Å². The first-order valence-corrected chi connectivity index (χ1v) is 8.29. The van der Waals surface area contributed by atoms with Crippen molar-refractivity contribution in [3.8, 4) is 0 Å². The van der Waals surface area contributed by atoms with Gasteiger partial charge in [0, 0.05) is 10.5 Å². The Hall–Kier alpha value is -0.580. The van der Waals surface area contributed by atoms with Crippen molar-refractivity contribution in [2.24, 2.45) is 0 Å². The molecule has 0 bridgehead atoms. The van der Waals surface area contributed by atoms with Gasteiger partial charge in [-0.05, 0) is 58.1 Å². The molecule has 5 heteroatoms. The summed E-state index contributed by atoms with van der Waals surface area (Å²) < 4.78 is 3.46. The zero-order valence-electron chi connectivity index (χ0n) is 11.8. The van der Waals surface area contributed by atoms with Crippen molar-refractivity contribution in [1.29, 1.82) is 0 Å². The van der Waals surface area contributed by atoms with Crippen LogP contribution in [0.1, 0.15) is 37.0 Å². The molecule has 1 aromatic carbocycles. The maximum atomic E-state index is 6.36. The molecule has 2 aromatic rings. The number of halogens is 2. The smallest absolute Gasteiger partial charge is 0.127 e. The Morgan fingerprint density at radius 2 is 2.05 bits per heavy atom. The number of hydrogen-bond acceptors (Lipinski definition) is 2. The zero-order chi connectivity index (χ0) is 14.3. The van der Waals surface area contributed by atoms with Gasteiger partial charge in [0.25, 0.3) is 0 Å². The Balaban J connectivity index is 2.10. The van der Waals surface area contributed by atoms with Crippen molar-refractivity contribution in [3.05, 3.63) is 28.5 Å². The lowest BCUT2D eigenvalue weighted by molar-refractivity contribution is 0.221. The summed E-state index contributed by atoms with van der Waals surface area (Å²) in [4.78, 5) is 7.13. The van der Waals surface area contributed by atoms with Crippen LogP contribution in [0.25, 0.3) is 11.0 Å². The van der Waals surface area contributed by atoms with Crippen LogP contribution in [0.4, 0.5) is 0 Å². The highest BCUT2D eigenvalue weighted by molar-refractivity contribution is 9.10. The fourth-order valence-corrected chi connectivity index (χ4v) is 3.51. The minimum absolute atomic E-state index is 0.0687. The van der Waals surface area contributed by atoms with Crippen LogP contribution in [-0.2, 0) is 0 Å². The minimum Gasteiger partial charge on any atom is -0.323 e. The summed E-state index contributed by atoms with van der Waals surface area (Å²) in [5.74, 6) is 0.995. The summed E-state index contributed by atoms with van der Waals surface area (Å²) >= 11 is 9.93. The van der Waals surface area contributed by atoms with Gasteiger partial charge in [0.2, 0.25) is 0 Å². The van der Waals surface area contributed by atoms with E-state index >= 15 is 0 Å². The molecule has 1 saturated heterocycles. The number of imidazole rings is 1. The second-order valence-electron chi connectivity index (χ2n) is 5.62. The van der Waals surface area contributed by atoms with Crippen LogP contribution in [-0.4, -0.2) is 34.6 Å². The Bertz CT molecular complexity index is 615. The first-order valence-electron chi connectivity index (χ1n) is 7.06. The van der Waals surface area contributed by atoms with Gasteiger partial charge in [0.1, 0.15) is 5.82 Å². The van der Waals surface area contributed by atoms with Gasteiger partial charge < -0.3 is 9.47 Å². The van der Waals surface area contributed by atoms with Crippen molar-refractivity contribution in [2.45, 2.75) is 31.2 Å². The van der Waals surface area contributed by atoms with Gasteiger partial charge in [-0.3, -0.25) is 0 Å². The SMILES string of the molecule is CC(Cl)c1nc2ccc(Br)cc2n1C1CCN(C)CC1. The van der Waals surface area contributed by atoms with Crippen LogP contribution in [0.3, 0.4) is 0 Å². The molecule has 0 N–H and O–H groups in total. The highest BCUT2D eigenvalue weighted by Gasteiger charge is 2.24. The van der Waals surface area contributed by atoms with E-state index in [0.29, 0.717) is 6.04 Å². The topological polar surface area (TPSA) is 21.1 Å². The molecule has 0 aliphatic carbocycles. The van der Waals surface area contributed by atoms with E-state index in [9.17, 15) is 0 Å². The third-order valence-corrected chi connectivity index (χ3v) is 4.78. The quantitative estimate of drug-likeness (QED) is 0.745. The van der Waals surface area contributed by atoms with Crippen molar-refractivity contribution >= 4 is 38.6 Å². The fraction of sp³-hybridized carbons (Fsp3) is 0.533. The maximum absolute atomic E-state index is 6.36. The molecule has 1 fully saturated rings. The molecule has 0 radical (unpaired) electrons. The number of benzene rings is 1. The van der Waals surface area contributed by atoms with E-state index in [1.807, 2.05) is 13.0 Å². The second-order valence-corrected chi connectivity index (χ2v) is 7.19. The molecular formula is C15H19BrClN3. The van der Waals surface area contributed by atoms with Crippen molar-refractivity contribution < 1.29 is 0 Å². The molecule has 0 spiro atoms. The largest absolute Gasteiger partial charge is 0.323 e. The van der Waals surface area contributed by atoms with Crippen molar-refractivity contribution in [3.63, 3.8) is 0 Å². The van der Waals surface area contributed by atoms with Gasteiger partial charge in [-0.2, -0.15) is 0 Å². The Morgan fingerprint density at radius 1 is 1.35 bits per heavy atom. The highest BCUT2D eigenvalue weighted by atomic mass is 79.9. The molecule has 1 unspecified atom stereocenters. The molecule has 0 amide bonds. The molecule has 3 rings (SSSR count). The molecular weight excluding hydrogens is 338 g/mol. The van der Waals surface area contributed by atoms with Crippen LogP contribution in [0.2, 0.25) is 0 Å². The van der Waals surface area contributed by atoms with Crippen molar-refractivity contribution in [1.82, 2.24) is 14.5 Å². The monoisotopic (exact) mass is 355 g/mol. The van der Waals surface area contributed by atoms with E-state index in [1.165, 1.54) is 5.52 Å². The number of alkyl halides is 1. The van der Waals surface area contributed by atoms with Gasteiger partial charge in [-0.15, -0.1) is 11.6 Å². The van der Waals surface area contributed by atoms with E-state index < -0.39 is 0 Å². The molecule has 2 heterocycles. The van der Waals surface area contributed by atoms with Gasteiger partial charge >= 0.3 is 0 Å². The summed E-state index contributed by atoms with van der Waals surface area (Å²) in [7, 11) is 2.18. The van der Waals surface area contributed by atoms with E-state index in [2.05, 4.69) is 44.6 Å². The lowest BCUT2D eigenvalue weighted by atomic mass is 10.0. The standard InChI is InChI=1S/C15H19BrClN3/c1-10(17)15-18-13-4-3-11(16)9-14(13)20(15)12-5-7-19(2)8-6-12/h3-4,9-10,12H,5-8H2,1-2H3. The molecule has 1 aliphatic heterocycles. The lowest BCUT2D eigenvalue weighted by Crippen LogP contribution is -2.32.